The minimum absolute atomic E-state index is 0.0898. The van der Waals surface area contributed by atoms with Crippen molar-refractivity contribution in [2.75, 3.05) is 37.5 Å². The average Bonchev–Trinajstić information content (AvgIpc) is 2.39. The fourth-order valence-corrected chi connectivity index (χ4v) is 3.25. The second kappa shape index (κ2) is 7.67. The molecule has 110 valence electrons. The number of carbonyl (C=O) groups excluding carboxylic acids is 1. The van der Waals surface area contributed by atoms with Gasteiger partial charge < -0.3 is 15.5 Å². The predicted octanol–water partition coefficient (Wildman–Crippen LogP) is 1.78. The quantitative estimate of drug-likeness (QED) is 0.868. The van der Waals surface area contributed by atoms with Gasteiger partial charge in [-0.3, -0.25) is 4.79 Å². The monoisotopic (exact) mass is 293 g/mol. The second-order valence-electron chi connectivity index (χ2n) is 5.42. The standard InChI is InChI=1S/C15H23N3OS/c1-18(2)10-12-4-3-5-13(8-12)17-15(19)9-14-11-20-7-6-16-14/h3-5,8,14,16H,6-7,9-11H2,1-2H3,(H,17,19). The molecule has 2 rings (SSSR count). The van der Waals surface area contributed by atoms with Gasteiger partial charge in [0.2, 0.25) is 5.91 Å². The Kier molecular flexibility index (Phi) is 5.88. The minimum atomic E-state index is 0.0898. The van der Waals surface area contributed by atoms with Crippen LogP contribution in [0, 0.1) is 0 Å². The van der Waals surface area contributed by atoms with Crippen LogP contribution in [0.2, 0.25) is 0 Å². The average molecular weight is 293 g/mol. The summed E-state index contributed by atoms with van der Waals surface area (Å²) in [5, 5.41) is 6.38. The van der Waals surface area contributed by atoms with Crippen LogP contribution >= 0.6 is 11.8 Å². The molecule has 0 radical (unpaired) electrons. The van der Waals surface area contributed by atoms with E-state index in [0.717, 1.165) is 30.3 Å². The molecule has 1 aromatic carbocycles. The van der Waals surface area contributed by atoms with Gasteiger partial charge in [0.05, 0.1) is 0 Å². The maximum Gasteiger partial charge on any atom is 0.225 e. The van der Waals surface area contributed by atoms with Gasteiger partial charge in [0.25, 0.3) is 0 Å². The molecule has 1 fully saturated rings. The van der Waals surface area contributed by atoms with Crippen LogP contribution in [0.25, 0.3) is 0 Å². The highest BCUT2D eigenvalue weighted by molar-refractivity contribution is 7.99. The van der Waals surface area contributed by atoms with E-state index in [2.05, 4.69) is 21.6 Å². The molecule has 1 aliphatic heterocycles. The highest BCUT2D eigenvalue weighted by Gasteiger charge is 2.16. The highest BCUT2D eigenvalue weighted by Crippen LogP contribution is 2.14. The molecule has 0 aliphatic carbocycles. The molecular weight excluding hydrogens is 270 g/mol. The van der Waals surface area contributed by atoms with E-state index in [1.54, 1.807) is 0 Å². The van der Waals surface area contributed by atoms with Crippen LogP contribution < -0.4 is 10.6 Å². The van der Waals surface area contributed by atoms with Crippen LogP contribution in [0.1, 0.15) is 12.0 Å². The minimum Gasteiger partial charge on any atom is -0.326 e. The van der Waals surface area contributed by atoms with Crippen molar-refractivity contribution in [1.82, 2.24) is 10.2 Å². The van der Waals surface area contributed by atoms with E-state index < -0.39 is 0 Å². The summed E-state index contributed by atoms with van der Waals surface area (Å²) in [6.45, 7) is 1.88. The summed E-state index contributed by atoms with van der Waals surface area (Å²) in [6, 6.07) is 8.36. The van der Waals surface area contributed by atoms with Crippen molar-refractivity contribution < 1.29 is 4.79 Å². The lowest BCUT2D eigenvalue weighted by Gasteiger charge is -2.22. The molecule has 20 heavy (non-hydrogen) atoms. The third-order valence-electron chi connectivity index (χ3n) is 3.14. The lowest BCUT2D eigenvalue weighted by Crippen LogP contribution is -2.39. The molecule has 0 spiro atoms. The molecule has 0 saturated carbocycles. The maximum absolute atomic E-state index is 12.0. The molecule has 1 atom stereocenters. The molecule has 0 aromatic heterocycles. The van der Waals surface area contributed by atoms with Gasteiger partial charge in [-0.1, -0.05) is 12.1 Å². The third kappa shape index (κ3) is 5.15. The van der Waals surface area contributed by atoms with Gasteiger partial charge in [-0.15, -0.1) is 0 Å². The normalized spacial score (nSPS) is 19.1. The molecule has 4 nitrogen and oxygen atoms in total. The Morgan fingerprint density at radius 3 is 3.05 bits per heavy atom. The summed E-state index contributed by atoms with van der Waals surface area (Å²) in [4.78, 5) is 14.2. The molecule has 1 aromatic rings. The molecule has 1 saturated heterocycles. The molecule has 1 unspecified atom stereocenters. The fraction of sp³-hybridized carbons (Fsp3) is 0.533. The van der Waals surface area contributed by atoms with E-state index in [0.29, 0.717) is 12.5 Å². The highest BCUT2D eigenvalue weighted by atomic mass is 32.2. The van der Waals surface area contributed by atoms with Crippen molar-refractivity contribution >= 4 is 23.4 Å². The third-order valence-corrected chi connectivity index (χ3v) is 4.27. The number of nitrogens with zero attached hydrogens (tertiary/aromatic N) is 1. The number of thioether (sulfide) groups is 1. The van der Waals surface area contributed by atoms with Crippen LogP contribution in [-0.4, -0.2) is 49.0 Å². The summed E-state index contributed by atoms with van der Waals surface area (Å²) < 4.78 is 0. The number of benzene rings is 1. The number of carbonyl (C=O) groups is 1. The maximum atomic E-state index is 12.0. The van der Waals surface area contributed by atoms with Crippen molar-refractivity contribution in [3.05, 3.63) is 29.8 Å². The Labute approximate surface area is 125 Å². The summed E-state index contributed by atoms with van der Waals surface area (Å²) in [5.41, 5.74) is 2.09. The van der Waals surface area contributed by atoms with Crippen molar-refractivity contribution in [3.63, 3.8) is 0 Å². The number of nitrogens with one attached hydrogen (secondary N) is 2. The topological polar surface area (TPSA) is 44.4 Å². The van der Waals surface area contributed by atoms with E-state index in [1.165, 1.54) is 5.56 Å². The lowest BCUT2D eigenvalue weighted by molar-refractivity contribution is -0.116. The number of anilines is 1. The molecule has 1 amide bonds. The Hall–Kier alpha value is -1.04. The molecular formula is C15H23N3OS. The molecule has 1 heterocycles. The number of rotatable bonds is 5. The first-order valence-corrected chi connectivity index (χ1v) is 8.13. The van der Waals surface area contributed by atoms with Crippen molar-refractivity contribution in [2.45, 2.75) is 19.0 Å². The van der Waals surface area contributed by atoms with E-state index in [1.807, 2.05) is 44.1 Å². The van der Waals surface area contributed by atoms with Gasteiger partial charge in [-0.05, 0) is 31.8 Å². The zero-order valence-electron chi connectivity index (χ0n) is 12.2. The van der Waals surface area contributed by atoms with Gasteiger partial charge in [0, 0.05) is 42.7 Å². The predicted molar refractivity (Wildman–Crippen MR) is 86.2 cm³/mol. The zero-order chi connectivity index (χ0) is 14.4. The Balaban J connectivity index is 1.86. The van der Waals surface area contributed by atoms with Crippen LogP contribution in [0.3, 0.4) is 0 Å². The Morgan fingerprint density at radius 1 is 1.50 bits per heavy atom. The Morgan fingerprint density at radius 2 is 2.35 bits per heavy atom. The largest absolute Gasteiger partial charge is 0.326 e. The summed E-state index contributed by atoms with van der Waals surface area (Å²) in [7, 11) is 4.08. The molecule has 2 N–H and O–H groups in total. The smallest absolute Gasteiger partial charge is 0.225 e. The molecule has 5 heteroatoms. The molecule has 0 bridgehead atoms. The van der Waals surface area contributed by atoms with E-state index in [4.69, 9.17) is 0 Å². The van der Waals surface area contributed by atoms with Crippen molar-refractivity contribution in [2.24, 2.45) is 0 Å². The number of hydrogen-bond donors (Lipinski definition) is 2. The van der Waals surface area contributed by atoms with Crippen molar-refractivity contribution in [3.8, 4) is 0 Å². The van der Waals surface area contributed by atoms with Crippen LogP contribution in [0.15, 0.2) is 24.3 Å². The lowest BCUT2D eigenvalue weighted by atomic mass is 10.1. The van der Waals surface area contributed by atoms with E-state index >= 15 is 0 Å². The van der Waals surface area contributed by atoms with Gasteiger partial charge in [-0.2, -0.15) is 11.8 Å². The van der Waals surface area contributed by atoms with Gasteiger partial charge >= 0.3 is 0 Å². The Bertz CT molecular complexity index is 444. The first-order valence-electron chi connectivity index (χ1n) is 6.98. The first kappa shape index (κ1) is 15.4. The van der Waals surface area contributed by atoms with Crippen LogP contribution in [-0.2, 0) is 11.3 Å². The zero-order valence-corrected chi connectivity index (χ0v) is 13.0. The van der Waals surface area contributed by atoms with E-state index in [9.17, 15) is 4.79 Å². The van der Waals surface area contributed by atoms with Gasteiger partial charge in [-0.25, -0.2) is 0 Å². The van der Waals surface area contributed by atoms with Crippen LogP contribution in [0.5, 0.6) is 0 Å². The first-order chi connectivity index (χ1) is 9.63. The SMILES string of the molecule is CN(C)Cc1cccc(NC(=O)CC2CSCCN2)c1. The van der Waals surface area contributed by atoms with E-state index in [-0.39, 0.29) is 5.91 Å². The molecule has 1 aliphatic rings. The number of hydrogen-bond acceptors (Lipinski definition) is 4. The van der Waals surface area contributed by atoms with Crippen molar-refractivity contribution in [1.29, 1.82) is 0 Å². The second-order valence-corrected chi connectivity index (χ2v) is 6.57. The fourth-order valence-electron chi connectivity index (χ4n) is 2.30. The van der Waals surface area contributed by atoms with Gasteiger partial charge in [0.15, 0.2) is 0 Å². The van der Waals surface area contributed by atoms with Crippen LogP contribution in [0.4, 0.5) is 5.69 Å². The summed E-state index contributed by atoms with van der Waals surface area (Å²) >= 11 is 1.91. The van der Waals surface area contributed by atoms with Gasteiger partial charge in [0.1, 0.15) is 0 Å². The summed E-state index contributed by atoms with van der Waals surface area (Å²) in [5.74, 6) is 2.26. The number of amides is 1. The summed E-state index contributed by atoms with van der Waals surface area (Å²) in [6.07, 6.45) is 0.547.